The number of hydrogen-bond donors (Lipinski definition) is 2. The number of amides is 1. The second-order valence-corrected chi connectivity index (χ2v) is 8.31. The van der Waals surface area contributed by atoms with Crippen molar-refractivity contribution >= 4 is 12.1 Å². The molecule has 6 heteroatoms. The summed E-state index contributed by atoms with van der Waals surface area (Å²) in [5, 5.41) is 12.0. The molecule has 3 rings (SSSR count). The summed E-state index contributed by atoms with van der Waals surface area (Å²) in [5.74, 6) is -0.999. The van der Waals surface area contributed by atoms with Crippen LogP contribution >= 0.6 is 0 Å². The smallest absolute Gasteiger partial charge is 0.408 e. The van der Waals surface area contributed by atoms with Gasteiger partial charge in [-0.15, -0.1) is 0 Å². The van der Waals surface area contributed by atoms with Gasteiger partial charge in [-0.2, -0.15) is 0 Å². The largest absolute Gasteiger partial charge is 0.480 e. The van der Waals surface area contributed by atoms with Crippen LogP contribution in [0.4, 0.5) is 9.18 Å². The van der Waals surface area contributed by atoms with E-state index in [0.29, 0.717) is 6.42 Å². The summed E-state index contributed by atoms with van der Waals surface area (Å²) in [6, 6.07) is -0.884. The molecule has 2 bridgehead atoms. The lowest BCUT2D eigenvalue weighted by Crippen LogP contribution is -2.71. The molecule has 5 nitrogen and oxygen atoms in total. The van der Waals surface area contributed by atoms with Crippen molar-refractivity contribution in [2.45, 2.75) is 77.4 Å². The SMILES string of the molecule is CC(C)(C)OC(=O)NC(C(=O)O)C12CC(CCCCCF)(C1)C2. The fraction of sp³-hybridized carbons (Fsp3) is 0.882. The third kappa shape index (κ3) is 3.96. The molecule has 1 atom stereocenters. The molecule has 3 saturated carbocycles. The van der Waals surface area contributed by atoms with Gasteiger partial charge in [0.15, 0.2) is 0 Å². The van der Waals surface area contributed by atoms with E-state index < -0.39 is 23.7 Å². The standard InChI is InChI=1S/C17H28FNO4/c1-15(2,3)23-14(22)19-12(13(20)21)17-9-16(10-17,11-17)7-5-4-6-8-18/h12H,4-11H2,1-3H3,(H,19,22)(H,20,21). The monoisotopic (exact) mass is 329 g/mol. The normalized spacial score (nSPS) is 29.9. The molecular weight excluding hydrogens is 301 g/mol. The van der Waals surface area contributed by atoms with E-state index >= 15 is 0 Å². The fourth-order valence-corrected chi connectivity index (χ4v) is 4.33. The van der Waals surface area contributed by atoms with Crippen molar-refractivity contribution in [2.24, 2.45) is 10.8 Å². The molecule has 0 aromatic rings. The molecule has 3 aliphatic rings. The van der Waals surface area contributed by atoms with Gasteiger partial charge in [0.05, 0.1) is 6.67 Å². The van der Waals surface area contributed by atoms with Gasteiger partial charge in [-0.1, -0.05) is 12.8 Å². The first kappa shape index (κ1) is 18.0. The third-order valence-electron chi connectivity index (χ3n) is 5.04. The van der Waals surface area contributed by atoms with Gasteiger partial charge in [0.2, 0.25) is 0 Å². The second kappa shape index (κ2) is 6.29. The molecule has 0 spiro atoms. The number of alkyl halides is 1. The molecule has 1 amide bonds. The molecule has 3 fully saturated rings. The first-order chi connectivity index (χ1) is 10.6. The van der Waals surface area contributed by atoms with Crippen LogP contribution in [0.1, 0.15) is 65.7 Å². The van der Waals surface area contributed by atoms with Crippen molar-refractivity contribution in [1.82, 2.24) is 5.32 Å². The zero-order chi connectivity index (χ0) is 17.3. The number of nitrogens with one attached hydrogen (secondary N) is 1. The average Bonchev–Trinajstić information content (AvgIpc) is 2.30. The van der Waals surface area contributed by atoms with E-state index in [1.54, 1.807) is 20.8 Å². The molecule has 132 valence electrons. The number of rotatable bonds is 8. The lowest BCUT2D eigenvalue weighted by Gasteiger charge is -2.72. The van der Waals surface area contributed by atoms with E-state index in [4.69, 9.17) is 4.74 Å². The Hall–Kier alpha value is -1.33. The number of hydrogen-bond acceptors (Lipinski definition) is 3. The summed E-state index contributed by atoms with van der Waals surface area (Å²) in [7, 11) is 0. The molecule has 0 radical (unpaired) electrons. The topological polar surface area (TPSA) is 75.6 Å². The minimum absolute atomic E-state index is 0.236. The van der Waals surface area contributed by atoms with Gasteiger partial charge < -0.3 is 15.2 Å². The van der Waals surface area contributed by atoms with Gasteiger partial charge in [0.1, 0.15) is 11.6 Å². The van der Waals surface area contributed by atoms with Crippen molar-refractivity contribution in [3.8, 4) is 0 Å². The van der Waals surface area contributed by atoms with E-state index in [1.165, 1.54) is 0 Å². The van der Waals surface area contributed by atoms with Crippen LogP contribution in [0.25, 0.3) is 0 Å². The molecule has 0 aromatic carbocycles. The van der Waals surface area contributed by atoms with Crippen LogP contribution in [0.15, 0.2) is 0 Å². The maximum Gasteiger partial charge on any atom is 0.408 e. The van der Waals surface area contributed by atoms with Crippen LogP contribution in [0, 0.1) is 10.8 Å². The summed E-state index contributed by atoms with van der Waals surface area (Å²) in [5.41, 5.74) is -0.730. The molecule has 2 N–H and O–H groups in total. The highest BCUT2D eigenvalue weighted by atomic mass is 19.1. The van der Waals surface area contributed by atoms with E-state index in [1.807, 2.05) is 0 Å². The van der Waals surface area contributed by atoms with E-state index in [9.17, 15) is 19.1 Å². The van der Waals surface area contributed by atoms with Crippen molar-refractivity contribution in [2.75, 3.05) is 6.67 Å². The summed E-state index contributed by atoms with van der Waals surface area (Å²) < 4.78 is 17.3. The van der Waals surface area contributed by atoms with Gasteiger partial charge in [0, 0.05) is 5.41 Å². The lowest BCUT2D eigenvalue weighted by molar-refractivity contribution is -0.228. The van der Waals surface area contributed by atoms with Crippen LogP contribution in [0.3, 0.4) is 0 Å². The maximum absolute atomic E-state index is 12.1. The highest BCUT2D eigenvalue weighted by molar-refractivity contribution is 5.81. The average molecular weight is 329 g/mol. The van der Waals surface area contributed by atoms with Crippen molar-refractivity contribution < 1.29 is 23.8 Å². The van der Waals surface area contributed by atoms with E-state index in [0.717, 1.165) is 38.5 Å². The van der Waals surface area contributed by atoms with Gasteiger partial charge in [-0.05, 0) is 58.3 Å². The quantitative estimate of drug-likeness (QED) is 0.666. The number of carbonyl (C=O) groups is 2. The zero-order valence-corrected chi connectivity index (χ0v) is 14.3. The molecule has 3 aliphatic carbocycles. The molecule has 0 aromatic heterocycles. The Kier molecular flexibility index (Phi) is 4.92. The second-order valence-electron chi connectivity index (χ2n) is 8.31. The van der Waals surface area contributed by atoms with Crippen LogP contribution in [0.5, 0.6) is 0 Å². The summed E-state index contributed by atoms with van der Waals surface area (Å²) in [4.78, 5) is 23.4. The predicted octanol–water partition coefficient (Wildman–Crippen LogP) is 3.66. The number of carboxylic acids is 1. The van der Waals surface area contributed by atoms with E-state index in [-0.39, 0.29) is 17.5 Å². The first-order valence-electron chi connectivity index (χ1n) is 8.40. The third-order valence-corrected chi connectivity index (χ3v) is 5.04. The number of unbranched alkanes of at least 4 members (excludes halogenated alkanes) is 2. The molecule has 0 saturated heterocycles. The Bertz CT molecular complexity index is 452. The first-order valence-corrected chi connectivity index (χ1v) is 8.40. The number of halogens is 1. The number of carboxylic acid groups (broad SMARTS) is 1. The van der Waals surface area contributed by atoms with Gasteiger partial charge in [-0.25, -0.2) is 9.59 Å². The molecule has 1 unspecified atom stereocenters. The Balaban J connectivity index is 1.83. The molecule has 0 aliphatic heterocycles. The summed E-state index contributed by atoms with van der Waals surface area (Å²) in [6.45, 7) is 4.97. The summed E-state index contributed by atoms with van der Waals surface area (Å²) >= 11 is 0. The number of alkyl carbamates (subject to hydrolysis) is 1. The van der Waals surface area contributed by atoms with Crippen LogP contribution in [0.2, 0.25) is 0 Å². The number of carbonyl (C=O) groups excluding carboxylic acids is 1. The highest BCUT2D eigenvalue weighted by Gasteiger charge is 2.71. The van der Waals surface area contributed by atoms with Crippen molar-refractivity contribution in [3.05, 3.63) is 0 Å². The Morgan fingerprint density at radius 3 is 2.30 bits per heavy atom. The zero-order valence-electron chi connectivity index (χ0n) is 14.3. The van der Waals surface area contributed by atoms with Crippen LogP contribution < -0.4 is 5.32 Å². The molecule has 0 heterocycles. The van der Waals surface area contributed by atoms with Crippen molar-refractivity contribution in [1.29, 1.82) is 0 Å². The molecular formula is C17H28FNO4. The van der Waals surface area contributed by atoms with Gasteiger partial charge in [-0.3, -0.25) is 4.39 Å². The maximum atomic E-state index is 12.1. The van der Waals surface area contributed by atoms with Gasteiger partial charge >= 0.3 is 12.1 Å². The lowest BCUT2D eigenvalue weighted by atomic mass is 9.32. The van der Waals surface area contributed by atoms with Gasteiger partial charge in [0.25, 0.3) is 0 Å². The Labute approximate surface area is 137 Å². The van der Waals surface area contributed by atoms with Crippen LogP contribution in [-0.2, 0) is 9.53 Å². The minimum Gasteiger partial charge on any atom is -0.480 e. The number of aliphatic carboxylic acids is 1. The fourth-order valence-electron chi connectivity index (χ4n) is 4.33. The predicted molar refractivity (Wildman–Crippen MR) is 84.0 cm³/mol. The number of ether oxygens (including phenoxy) is 1. The minimum atomic E-state index is -0.999. The van der Waals surface area contributed by atoms with Crippen molar-refractivity contribution in [3.63, 3.8) is 0 Å². The Morgan fingerprint density at radius 2 is 1.83 bits per heavy atom. The summed E-state index contributed by atoms with van der Waals surface area (Å²) in [6.07, 6.45) is 5.37. The Morgan fingerprint density at radius 1 is 1.22 bits per heavy atom. The molecule has 23 heavy (non-hydrogen) atoms. The van der Waals surface area contributed by atoms with E-state index in [2.05, 4.69) is 5.32 Å². The highest BCUT2D eigenvalue weighted by Crippen LogP contribution is 2.76. The van der Waals surface area contributed by atoms with Crippen LogP contribution in [-0.4, -0.2) is 35.5 Å².